The molecule has 24 heavy (non-hydrogen) atoms. The van der Waals surface area contributed by atoms with E-state index < -0.39 is 0 Å². The predicted molar refractivity (Wildman–Crippen MR) is 88.1 cm³/mol. The summed E-state index contributed by atoms with van der Waals surface area (Å²) in [6, 6.07) is 5.80. The zero-order chi connectivity index (χ0) is 16.9. The van der Waals surface area contributed by atoms with Crippen molar-refractivity contribution >= 4 is 23.5 Å². The van der Waals surface area contributed by atoms with Crippen LogP contribution in [0.3, 0.4) is 0 Å². The number of nitrogens with one attached hydrogen (secondary N) is 1. The lowest BCUT2D eigenvalue weighted by atomic mass is 10.1. The first-order valence-corrected chi connectivity index (χ1v) is 8.14. The number of amides is 1. The second-order valence-corrected chi connectivity index (χ2v) is 5.88. The SMILES string of the molecule is CC(=O)OCCCCCOc1ccc2c(c1)CN1CC(=O)NC1=N2. The first-order chi connectivity index (χ1) is 11.6. The van der Waals surface area contributed by atoms with Crippen molar-refractivity contribution in [1.82, 2.24) is 10.2 Å². The molecule has 1 fully saturated rings. The van der Waals surface area contributed by atoms with Crippen LogP contribution in [0.25, 0.3) is 0 Å². The molecule has 7 nitrogen and oxygen atoms in total. The average Bonchev–Trinajstić information content (AvgIpc) is 2.90. The van der Waals surface area contributed by atoms with Gasteiger partial charge >= 0.3 is 5.97 Å². The third-order valence-corrected chi connectivity index (χ3v) is 3.89. The molecule has 0 radical (unpaired) electrons. The number of carbonyl (C=O) groups excluding carboxylic acids is 2. The molecule has 0 aromatic heterocycles. The molecule has 0 atom stereocenters. The van der Waals surface area contributed by atoms with Gasteiger partial charge in [0.2, 0.25) is 11.9 Å². The molecule has 0 spiro atoms. The van der Waals surface area contributed by atoms with Gasteiger partial charge in [-0.3, -0.25) is 14.9 Å². The van der Waals surface area contributed by atoms with Gasteiger partial charge in [-0.25, -0.2) is 4.99 Å². The van der Waals surface area contributed by atoms with E-state index in [9.17, 15) is 9.59 Å². The molecule has 1 aromatic rings. The number of fused-ring (bicyclic) bond motifs is 2. The first kappa shape index (κ1) is 16.3. The molecule has 0 saturated carbocycles. The van der Waals surface area contributed by atoms with Crippen molar-refractivity contribution in [3.8, 4) is 5.75 Å². The van der Waals surface area contributed by atoms with E-state index in [0.717, 1.165) is 36.3 Å². The number of hydrogen-bond acceptors (Lipinski definition) is 6. The van der Waals surface area contributed by atoms with Crippen LogP contribution in [0.1, 0.15) is 31.7 Å². The van der Waals surface area contributed by atoms with Gasteiger partial charge in [-0.1, -0.05) is 0 Å². The molecule has 1 N–H and O–H groups in total. The monoisotopic (exact) mass is 331 g/mol. The molecule has 3 rings (SSSR count). The lowest BCUT2D eigenvalue weighted by Crippen LogP contribution is -2.31. The fourth-order valence-electron chi connectivity index (χ4n) is 2.71. The van der Waals surface area contributed by atoms with Crippen molar-refractivity contribution in [2.75, 3.05) is 19.8 Å². The van der Waals surface area contributed by atoms with Gasteiger partial charge in [-0.2, -0.15) is 0 Å². The Morgan fingerprint density at radius 1 is 1.25 bits per heavy atom. The summed E-state index contributed by atoms with van der Waals surface area (Å²) in [6.45, 7) is 3.52. The van der Waals surface area contributed by atoms with Crippen molar-refractivity contribution in [2.24, 2.45) is 4.99 Å². The first-order valence-electron chi connectivity index (χ1n) is 8.14. The van der Waals surface area contributed by atoms with Crippen LogP contribution in [0.4, 0.5) is 5.69 Å². The van der Waals surface area contributed by atoms with E-state index in [1.165, 1.54) is 6.92 Å². The van der Waals surface area contributed by atoms with Crippen LogP contribution < -0.4 is 10.1 Å². The summed E-state index contributed by atoms with van der Waals surface area (Å²) >= 11 is 0. The minimum absolute atomic E-state index is 0.0215. The number of aliphatic imine (C=N–C) groups is 1. The van der Waals surface area contributed by atoms with Crippen molar-refractivity contribution < 1.29 is 19.1 Å². The van der Waals surface area contributed by atoms with E-state index in [1.54, 1.807) is 0 Å². The lowest BCUT2D eigenvalue weighted by molar-refractivity contribution is -0.141. The highest BCUT2D eigenvalue weighted by molar-refractivity contribution is 6.05. The molecular formula is C17H21N3O4. The number of esters is 1. The van der Waals surface area contributed by atoms with Crippen LogP contribution in [-0.2, 0) is 20.9 Å². The maximum absolute atomic E-state index is 11.4. The summed E-state index contributed by atoms with van der Waals surface area (Å²) in [6.07, 6.45) is 2.71. The third kappa shape index (κ3) is 4.04. The molecule has 1 saturated heterocycles. The molecule has 128 valence electrons. The van der Waals surface area contributed by atoms with Crippen LogP contribution in [0.2, 0.25) is 0 Å². The summed E-state index contributed by atoms with van der Waals surface area (Å²) < 4.78 is 10.7. The van der Waals surface area contributed by atoms with Crippen LogP contribution in [0.15, 0.2) is 23.2 Å². The van der Waals surface area contributed by atoms with Gasteiger partial charge in [0.15, 0.2) is 0 Å². The minimum Gasteiger partial charge on any atom is -0.494 e. The fourth-order valence-corrected chi connectivity index (χ4v) is 2.71. The number of ether oxygens (including phenoxy) is 2. The third-order valence-electron chi connectivity index (χ3n) is 3.89. The van der Waals surface area contributed by atoms with Gasteiger partial charge in [0, 0.05) is 19.0 Å². The van der Waals surface area contributed by atoms with Crippen molar-refractivity contribution in [2.45, 2.75) is 32.7 Å². The summed E-state index contributed by atoms with van der Waals surface area (Å²) in [5.41, 5.74) is 1.93. The smallest absolute Gasteiger partial charge is 0.302 e. The van der Waals surface area contributed by atoms with Crippen LogP contribution in [0, 0.1) is 0 Å². The topological polar surface area (TPSA) is 80.2 Å². The maximum atomic E-state index is 11.4. The highest BCUT2D eigenvalue weighted by Crippen LogP contribution is 2.30. The van der Waals surface area contributed by atoms with Crippen LogP contribution in [-0.4, -0.2) is 42.5 Å². The minimum atomic E-state index is -0.235. The molecule has 1 amide bonds. The quantitative estimate of drug-likeness (QED) is 0.608. The second kappa shape index (κ2) is 7.33. The Labute approximate surface area is 140 Å². The molecule has 1 aromatic carbocycles. The normalized spacial score (nSPS) is 15.3. The number of guanidine groups is 1. The number of rotatable bonds is 7. The van der Waals surface area contributed by atoms with Crippen LogP contribution in [0.5, 0.6) is 5.75 Å². The largest absolute Gasteiger partial charge is 0.494 e. The number of nitrogens with zero attached hydrogens (tertiary/aromatic N) is 2. The van der Waals surface area contributed by atoms with Crippen LogP contribution >= 0.6 is 0 Å². The molecule has 0 bridgehead atoms. The fraction of sp³-hybridized carbons (Fsp3) is 0.471. The van der Waals surface area contributed by atoms with E-state index in [0.29, 0.717) is 32.3 Å². The molecule has 2 heterocycles. The Kier molecular flexibility index (Phi) is 4.98. The van der Waals surface area contributed by atoms with E-state index in [1.807, 2.05) is 23.1 Å². The Bertz CT molecular complexity index is 672. The zero-order valence-corrected chi connectivity index (χ0v) is 13.7. The van der Waals surface area contributed by atoms with E-state index in [4.69, 9.17) is 9.47 Å². The number of carbonyl (C=O) groups is 2. The molecule has 0 unspecified atom stereocenters. The van der Waals surface area contributed by atoms with Gasteiger partial charge in [-0.15, -0.1) is 0 Å². The predicted octanol–water partition coefficient (Wildman–Crippen LogP) is 1.73. The van der Waals surface area contributed by atoms with E-state index in [-0.39, 0.29) is 11.9 Å². The van der Waals surface area contributed by atoms with Gasteiger partial charge in [-0.05, 0) is 37.5 Å². The Morgan fingerprint density at radius 3 is 2.92 bits per heavy atom. The lowest BCUT2D eigenvalue weighted by Gasteiger charge is -2.23. The molecule has 7 heteroatoms. The average molecular weight is 331 g/mol. The zero-order valence-electron chi connectivity index (χ0n) is 13.7. The van der Waals surface area contributed by atoms with Crippen molar-refractivity contribution in [1.29, 1.82) is 0 Å². The standard InChI is InChI=1S/C17H21N3O4/c1-12(21)23-7-3-2-4-8-24-14-5-6-15-13(9-14)10-20-11-16(22)19-17(20)18-15/h5-6,9H,2-4,7-8,10-11H2,1H3,(H,18,19,22). The molecule has 2 aliphatic heterocycles. The summed E-state index contributed by atoms with van der Waals surface area (Å²) in [7, 11) is 0. The highest BCUT2D eigenvalue weighted by Gasteiger charge is 2.29. The number of unbranched alkanes of at least 4 members (excludes halogenated alkanes) is 2. The summed E-state index contributed by atoms with van der Waals surface area (Å²) in [4.78, 5) is 28.4. The Hall–Kier alpha value is -2.57. The Balaban J connectivity index is 1.45. The van der Waals surface area contributed by atoms with E-state index in [2.05, 4.69) is 10.3 Å². The van der Waals surface area contributed by atoms with Crippen molar-refractivity contribution in [3.05, 3.63) is 23.8 Å². The highest BCUT2D eigenvalue weighted by atomic mass is 16.5. The molecule has 2 aliphatic rings. The maximum Gasteiger partial charge on any atom is 0.302 e. The van der Waals surface area contributed by atoms with Crippen molar-refractivity contribution in [3.63, 3.8) is 0 Å². The van der Waals surface area contributed by atoms with Gasteiger partial charge < -0.3 is 14.4 Å². The van der Waals surface area contributed by atoms with E-state index >= 15 is 0 Å². The number of hydrogen-bond donors (Lipinski definition) is 1. The molecule has 0 aliphatic carbocycles. The summed E-state index contributed by atoms with van der Waals surface area (Å²) in [5.74, 6) is 1.19. The van der Waals surface area contributed by atoms with Gasteiger partial charge in [0.25, 0.3) is 0 Å². The summed E-state index contributed by atoms with van der Waals surface area (Å²) in [5, 5.41) is 2.75. The number of benzene rings is 1. The molecular weight excluding hydrogens is 310 g/mol. The van der Waals surface area contributed by atoms with Gasteiger partial charge in [0.05, 0.1) is 18.9 Å². The van der Waals surface area contributed by atoms with Gasteiger partial charge in [0.1, 0.15) is 12.3 Å². The Morgan fingerprint density at radius 2 is 2.08 bits per heavy atom. The second-order valence-electron chi connectivity index (χ2n) is 5.88.